The molecule has 0 amide bonds. The van der Waals surface area contributed by atoms with E-state index < -0.39 is 5.97 Å². The molecule has 0 fully saturated rings. The molecule has 0 unspecified atom stereocenters. The van der Waals surface area contributed by atoms with Crippen molar-refractivity contribution in [3.63, 3.8) is 0 Å². The second-order valence-electron chi connectivity index (χ2n) is 3.97. The smallest absolute Gasteiger partial charge is 0.303 e. The van der Waals surface area contributed by atoms with Gasteiger partial charge in [-0.2, -0.15) is 0 Å². The Morgan fingerprint density at radius 3 is 1.67 bits per heavy atom. The second kappa shape index (κ2) is 14.0. The number of hydrogen-bond acceptors (Lipinski definition) is 1. The van der Waals surface area contributed by atoms with Gasteiger partial charge < -0.3 is 5.11 Å². The van der Waals surface area contributed by atoms with Crippen LogP contribution >= 0.6 is 0 Å². The summed E-state index contributed by atoms with van der Waals surface area (Å²) in [5.41, 5.74) is 0. The quantitative estimate of drug-likeness (QED) is 0.474. The second-order valence-corrected chi connectivity index (χ2v) is 3.97. The minimum Gasteiger partial charge on any atom is -0.481 e. The van der Waals surface area contributed by atoms with Crippen LogP contribution in [0.3, 0.4) is 0 Å². The molecular formula is C12H24FeO2. The van der Waals surface area contributed by atoms with E-state index in [-0.39, 0.29) is 17.1 Å². The van der Waals surface area contributed by atoms with Crippen molar-refractivity contribution in [3.8, 4) is 0 Å². The summed E-state index contributed by atoms with van der Waals surface area (Å²) in [5, 5.41) is 8.41. The predicted molar refractivity (Wildman–Crippen MR) is 59.5 cm³/mol. The Bertz CT molecular complexity index is 138. The third kappa shape index (κ3) is 16.7. The van der Waals surface area contributed by atoms with Crippen LogP contribution in [-0.4, -0.2) is 11.1 Å². The van der Waals surface area contributed by atoms with Crippen LogP contribution in [-0.2, 0) is 21.9 Å². The zero-order valence-corrected chi connectivity index (χ0v) is 10.9. The van der Waals surface area contributed by atoms with Crippen molar-refractivity contribution < 1.29 is 27.0 Å². The van der Waals surface area contributed by atoms with Gasteiger partial charge in [-0.3, -0.25) is 4.79 Å². The molecule has 15 heavy (non-hydrogen) atoms. The molecule has 0 aliphatic heterocycles. The maximum absolute atomic E-state index is 10.2. The largest absolute Gasteiger partial charge is 0.481 e. The molecule has 0 heterocycles. The molecule has 0 spiro atoms. The van der Waals surface area contributed by atoms with Crippen LogP contribution in [0.5, 0.6) is 0 Å². The molecule has 0 rings (SSSR count). The first kappa shape index (κ1) is 17.4. The van der Waals surface area contributed by atoms with E-state index in [0.29, 0.717) is 6.42 Å². The summed E-state index contributed by atoms with van der Waals surface area (Å²) in [6.07, 6.45) is 11.5. The van der Waals surface area contributed by atoms with Gasteiger partial charge in [-0.1, -0.05) is 58.3 Å². The third-order valence-corrected chi connectivity index (χ3v) is 2.49. The number of unbranched alkanes of at least 4 members (excludes halogenated alkanes) is 8. The van der Waals surface area contributed by atoms with E-state index in [9.17, 15) is 4.79 Å². The fraction of sp³-hybridized carbons (Fsp3) is 0.917. The van der Waals surface area contributed by atoms with Crippen molar-refractivity contribution in [3.05, 3.63) is 0 Å². The van der Waals surface area contributed by atoms with Crippen molar-refractivity contribution in [2.75, 3.05) is 0 Å². The molecule has 1 N–H and O–H groups in total. The Morgan fingerprint density at radius 2 is 1.27 bits per heavy atom. The SMILES string of the molecule is CCCCCCCCCCCC(=O)O.[Fe]. The Kier molecular flexibility index (Phi) is 16.2. The van der Waals surface area contributed by atoms with E-state index in [0.717, 1.165) is 12.8 Å². The number of rotatable bonds is 10. The Morgan fingerprint density at radius 1 is 0.867 bits per heavy atom. The van der Waals surface area contributed by atoms with Gasteiger partial charge in [0.15, 0.2) is 0 Å². The van der Waals surface area contributed by atoms with Crippen LogP contribution in [0.4, 0.5) is 0 Å². The molecule has 0 aromatic heterocycles. The summed E-state index contributed by atoms with van der Waals surface area (Å²) in [6, 6.07) is 0. The Balaban J connectivity index is 0. The topological polar surface area (TPSA) is 37.3 Å². The average Bonchev–Trinajstić information content (AvgIpc) is 2.15. The van der Waals surface area contributed by atoms with Crippen LogP contribution < -0.4 is 0 Å². The van der Waals surface area contributed by atoms with Gasteiger partial charge in [0.2, 0.25) is 0 Å². The first-order chi connectivity index (χ1) is 6.77. The minimum absolute atomic E-state index is 0. The molecule has 0 aromatic carbocycles. The monoisotopic (exact) mass is 256 g/mol. The molecular weight excluding hydrogens is 232 g/mol. The summed E-state index contributed by atoms with van der Waals surface area (Å²) in [7, 11) is 0. The third-order valence-electron chi connectivity index (χ3n) is 2.49. The molecule has 0 aromatic rings. The van der Waals surface area contributed by atoms with E-state index in [1.807, 2.05) is 0 Å². The predicted octanol–water partition coefficient (Wildman–Crippen LogP) is 3.99. The maximum atomic E-state index is 10.2. The molecule has 0 bridgehead atoms. The zero-order chi connectivity index (χ0) is 10.6. The summed E-state index contributed by atoms with van der Waals surface area (Å²) in [6.45, 7) is 2.23. The molecule has 0 radical (unpaired) electrons. The van der Waals surface area contributed by atoms with Gasteiger partial charge in [-0.25, -0.2) is 0 Å². The molecule has 2 nitrogen and oxygen atoms in total. The van der Waals surface area contributed by atoms with Gasteiger partial charge in [0, 0.05) is 23.5 Å². The van der Waals surface area contributed by atoms with E-state index in [2.05, 4.69) is 6.92 Å². The number of aliphatic carboxylic acids is 1. The van der Waals surface area contributed by atoms with Gasteiger partial charge in [0.1, 0.15) is 0 Å². The number of carboxylic acids is 1. The van der Waals surface area contributed by atoms with Crippen molar-refractivity contribution in [2.24, 2.45) is 0 Å². The standard InChI is InChI=1S/C12H24O2.Fe/c1-2-3-4-5-6-7-8-9-10-11-12(13)14;/h2-11H2,1H3,(H,13,14);. The molecule has 0 aliphatic carbocycles. The summed E-state index contributed by atoms with van der Waals surface area (Å²) >= 11 is 0. The molecule has 0 saturated carbocycles. The Hall–Kier alpha value is -0.0105. The maximum Gasteiger partial charge on any atom is 0.303 e. The van der Waals surface area contributed by atoms with Crippen molar-refractivity contribution in [1.29, 1.82) is 0 Å². The minimum atomic E-state index is -0.659. The van der Waals surface area contributed by atoms with Crippen LogP contribution in [0.25, 0.3) is 0 Å². The molecule has 0 atom stereocenters. The van der Waals surface area contributed by atoms with E-state index in [1.165, 1.54) is 44.9 Å². The summed E-state index contributed by atoms with van der Waals surface area (Å²) < 4.78 is 0. The van der Waals surface area contributed by atoms with Crippen molar-refractivity contribution in [2.45, 2.75) is 71.1 Å². The number of carboxylic acid groups (broad SMARTS) is 1. The summed E-state index contributed by atoms with van der Waals surface area (Å²) in [5.74, 6) is -0.659. The van der Waals surface area contributed by atoms with Crippen LogP contribution in [0.15, 0.2) is 0 Å². The molecule has 0 aliphatic rings. The van der Waals surface area contributed by atoms with Gasteiger partial charge in [-0.05, 0) is 6.42 Å². The van der Waals surface area contributed by atoms with E-state index >= 15 is 0 Å². The van der Waals surface area contributed by atoms with Crippen molar-refractivity contribution >= 4 is 5.97 Å². The first-order valence-corrected chi connectivity index (χ1v) is 5.99. The molecule has 3 heteroatoms. The Labute approximate surface area is 104 Å². The van der Waals surface area contributed by atoms with Crippen LogP contribution in [0.1, 0.15) is 71.1 Å². The van der Waals surface area contributed by atoms with Gasteiger partial charge in [-0.15, -0.1) is 0 Å². The fourth-order valence-corrected chi connectivity index (χ4v) is 1.59. The van der Waals surface area contributed by atoms with E-state index in [4.69, 9.17) is 5.11 Å². The van der Waals surface area contributed by atoms with Crippen LogP contribution in [0, 0.1) is 0 Å². The first-order valence-electron chi connectivity index (χ1n) is 5.99. The van der Waals surface area contributed by atoms with Gasteiger partial charge >= 0.3 is 5.97 Å². The number of carbonyl (C=O) groups is 1. The van der Waals surface area contributed by atoms with E-state index in [1.54, 1.807) is 0 Å². The zero-order valence-electron chi connectivity index (χ0n) is 9.78. The molecule has 0 saturated heterocycles. The summed E-state index contributed by atoms with van der Waals surface area (Å²) in [4.78, 5) is 10.2. The van der Waals surface area contributed by atoms with Crippen molar-refractivity contribution in [1.82, 2.24) is 0 Å². The fourth-order valence-electron chi connectivity index (χ4n) is 1.59. The van der Waals surface area contributed by atoms with Crippen LogP contribution in [0.2, 0.25) is 0 Å². The number of hydrogen-bond donors (Lipinski definition) is 1. The van der Waals surface area contributed by atoms with Gasteiger partial charge in [0.05, 0.1) is 0 Å². The normalized spacial score (nSPS) is 9.67. The van der Waals surface area contributed by atoms with Gasteiger partial charge in [0.25, 0.3) is 0 Å². The molecule has 92 valence electrons. The average molecular weight is 256 g/mol.